The fourth-order valence-corrected chi connectivity index (χ4v) is 0.676. The van der Waals surface area contributed by atoms with Crippen LogP contribution in [0.3, 0.4) is 0 Å². The van der Waals surface area contributed by atoms with E-state index in [2.05, 4.69) is 37.8 Å². The fraction of sp³-hybridized carbons (Fsp3) is 0.889. The molecule has 0 aliphatic heterocycles. The summed E-state index contributed by atoms with van der Waals surface area (Å²) in [5, 5.41) is 0. The molecule has 0 rings (SSSR count). The summed E-state index contributed by atoms with van der Waals surface area (Å²) in [6.45, 7) is 5.40. The lowest BCUT2D eigenvalue weighted by atomic mass is 10.3. The third-order valence-corrected chi connectivity index (χ3v) is 1.66. The Morgan fingerprint density at radius 1 is 1.45 bits per heavy atom. The second-order valence-corrected chi connectivity index (χ2v) is 3.18. The molecule has 1 unspecified atom stereocenters. The Morgan fingerprint density at radius 2 is 2.09 bits per heavy atom. The second kappa shape index (κ2) is 6.35. The molecular formula is C9H20N2. The lowest BCUT2D eigenvalue weighted by molar-refractivity contribution is 0.423. The number of hydrogen-bond donors (Lipinski definition) is 0. The number of hydrogen-bond acceptors (Lipinski definition) is 2. The highest BCUT2D eigenvalue weighted by Gasteiger charge is 1.90. The Hall–Kier alpha value is -0.370. The van der Waals surface area contributed by atoms with Gasteiger partial charge in [0, 0.05) is 18.8 Å². The van der Waals surface area contributed by atoms with Crippen LogP contribution < -0.4 is 0 Å². The van der Waals surface area contributed by atoms with Crippen molar-refractivity contribution in [2.24, 2.45) is 4.99 Å². The van der Waals surface area contributed by atoms with Gasteiger partial charge in [-0.05, 0) is 33.9 Å². The average molecular weight is 156 g/mol. The average Bonchev–Trinajstić information content (AvgIpc) is 1.97. The zero-order chi connectivity index (χ0) is 8.69. The molecule has 2 nitrogen and oxygen atoms in total. The second-order valence-electron chi connectivity index (χ2n) is 3.18. The summed E-state index contributed by atoms with van der Waals surface area (Å²) in [4.78, 5) is 6.53. The van der Waals surface area contributed by atoms with E-state index in [0.29, 0.717) is 6.04 Å². The number of rotatable bonds is 5. The molecular weight excluding hydrogens is 136 g/mol. The van der Waals surface area contributed by atoms with Gasteiger partial charge in [-0.15, -0.1) is 0 Å². The predicted molar refractivity (Wildman–Crippen MR) is 51.4 cm³/mol. The Kier molecular flexibility index (Phi) is 6.13. The molecule has 0 spiro atoms. The van der Waals surface area contributed by atoms with Gasteiger partial charge in [0.25, 0.3) is 0 Å². The van der Waals surface area contributed by atoms with E-state index in [1.54, 1.807) is 0 Å². The lowest BCUT2D eigenvalue weighted by Gasteiger charge is -2.06. The van der Waals surface area contributed by atoms with E-state index in [1.165, 1.54) is 0 Å². The molecule has 0 bridgehead atoms. The van der Waals surface area contributed by atoms with Crippen LogP contribution in [0.4, 0.5) is 0 Å². The Morgan fingerprint density at radius 3 is 2.55 bits per heavy atom. The van der Waals surface area contributed by atoms with Gasteiger partial charge in [0.15, 0.2) is 0 Å². The van der Waals surface area contributed by atoms with Gasteiger partial charge in [0.1, 0.15) is 0 Å². The van der Waals surface area contributed by atoms with Crippen molar-refractivity contribution in [1.82, 2.24) is 4.90 Å². The molecule has 0 aromatic rings. The van der Waals surface area contributed by atoms with Gasteiger partial charge in [-0.25, -0.2) is 0 Å². The summed E-state index contributed by atoms with van der Waals surface area (Å²) in [6.07, 6.45) is 4.24. The molecule has 2 heteroatoms. The molecule has 0 aromatic heterocycles. The zero-order valence-corrected chi connectivity index (χ0v) is 8.17. The minimum atomic E-state index is 0.497. The first-order chi connectivity index (χ1) is 5.16. The van der Waals surface area contributed by atoms with Crippen LogP contribution in [-0.2, 0) is 0 Å². The smallest absolute Gasteiger partial charge is 0.0464 e. The molecule has 0 aliphatic carbocycles. The summed E-state index contributed by atoms with van der Waals surface area (Å²) >= 11 is 0. The number of aliphatic imine (C=N–C) groups is 1. The first-order valence-corrected chi connectivity index (χ1v) is 4.33. The van der Waals surface area contributed by atoms with Crippen molar-refractivity contribution in [3.63, 3.8) is 0 Å². The Balaban J connectivity index is 3.29. The van der Waals surface area contributed by atoms with E-state index in [0.717, 1.165) is 19.4 Å². The van der Waals surface area contributed by atoms with Crippen LogP contribution in [0.2, 0.25) is 0 Å². The van der Waals surface area contributed by atoms with Crippen molar-refractivity contribution in [2.75, 3.05) is 20.6 Å². The van der Waals surface area contributed by atoms with Crippen molar-refractivity contribution in [2.45, 2.75) is 32.7 Å². The standard InChI is InChI=1S/C9H20N2/c1-5-9(2)10-7-6-8-11(3)4/h7,9H,5-6,8H2,1-4H3. The van der Waals surface area contributed by atoms with Crippen molar-refractivity contribution < 1.29 is 0 Å². The van der Waals surface area contributed by atoms with E-state index < -0.39 is 0 Å². The molecule has 0 N–H and O–H groups in total. The van der Waals surface area contributed by atoms with Crippen molar-refractivity contribution in [1.29, 1.82) is 0 Å². The van der Waals surface area contributed by atoms with Gasteiger partial charge in [0.05, 0.1) is 0 Å². The largest absolute Gasteiger partial charge is 0.309 e. The van der Waals surface area contributed by atoms with Gasteiger partial charge >= 0.3 is 0 Å². The molecule has 0 saturated carbocycles. The minimum Gasteiger partial charge on any atom is -0.309 e. The predicted octanol–water partition coefficient (Wildman–Crippen LogP) is 1.81. The summed E-state index contributed by atoms with van der Waals surface area (Å²) in [7, 11) is 4.16. The van der Waals surface area contributed by atoms with E-state index in [-0.39, 0.29) is 0 Å². The summed E-state index contributed by atoms with van der Waals surface area (Å²) in [5.74, 6) is 0. The molecule has 66 valence electrons. The maximum absolute atomic E-state index is 4.36. The van der Waals surface area contributed by atoms with Crippen molar-refractivity contribution in [3.8, 4) is 0 Å². The van der Waals surface area contributed by atoms with Crippen LogP contribution in [0, 0.1) is 0 Å². The maximum atomic E-state index is 4.36. The molecule has 0 heterocycles. The van der Waals surface area contributed by atoms with Crippen LogP contribution in [0.25, 0.3) is 0 Å². The minimum absolute atomic E-state index is 0.497. The monoisotopic (exact) mass is 156 g/mol. The molecule has 0 aliphatic rings. The zero-order valence-electron chi connectivity index (χ0n) is 8.17. The quantitative estimate of drug-likeness (QED) is 0.554. The maximum Gasteiger partial charge on any atom is 0.0464 e. The van der Waals surface area contributed by atoms with Gasteiger partial charge in [0.2, 0.25) is 0 Å². The van der Waals surface area contributed by atoms with E-state index in [4.69, 9.17) is 0 Å². The fourth-order valence-electron chi connectivity index (χ4n) is 0.676. The van der Waals surface area contributed by atoms with E-state index in [1.807, 2.05) is 6.21 Å². The highest BCUT2D eigenvalue weighted by molar-refractivity contribution is 5.57. The normalized spacial score (nSPS) is 14.6. The molecule has 0 amide bonds. The van der Waals surface area contributed by atoms with Gasteiger partial charge < -0.3 is 4.90 Å². The van der Waals surface area contributed by atoms with Gasteiger partial charge in [-0.2, -0.15) is 0 Å². The third kappa shape index (κ3) is 7.53. The summed E-state index contributed by atoms with van der Waals surface area (Å²) < 4.78 is 0. The van der Waals surface area contributed by atoms with Crippen LogP contribution >= 0.6 is 0 Å². The molecule has 1 atom stereocenters. The van der Waals surface area contributed by atoms with Crippen molar-refractivity contribution >= 4 is 6.21 Å². The SMILES string of the molecule is CCC(C)N=CCCN(C)C. The Labute approximate surface area is 70.3 Å². The molecule has 0 radical (unpaired) electrons. The van der Waals surface area contributed by atoms with Crippen LogP contribution in [0.15, 0.2) is 4.99 Å². The molecule has 0 aromatic carbocycles. The van der Waals surface area contributed by atoms with Crippen LogP contribution in [0.1, 0.15) is 26.7 Å². The van der Waals surface area contributed by atoms with E-state index in [9.17, 15) is 0 Å². The van der Waals surface area contributed by atoms with Crippen LogP contribution in [0.5, 0.6) is 0 Å². The first-order valence-electron chi connectivity index (χ1n) is 4.33. The molecule has 0 fully saturated rings. The molecule has 11 heavy (non-hydrogen) atoms. The topological polar surface area (TPSA) is 15.6 Å². The third-order valence-electron chi connectivity index (χ3n) is 1.66. The summed E-state index contributed by atoms with van der Waals surface area (Å²) in [6, 6.07) is 0.497. The number of nitrogens with zero attached hydrogens (tertiary/aromatic N) is 2. The van der Waals surface area contributed by atoms with Gasteiger partial charge in [-0.1, -0.05) is 6.92 Å². The lowest BCUT2D eigenvalue weighted by Crippen LogP contribution is -2.13. The molecule has 0 saturated heterocycles. The highest BCUT2D eigenvalue weighted by atomic mass is 15.0. The highest BCUT2D eigenvalue weighted by Crippen LogP contribution is 1.93. The van der Waals surface area contributed by atoms with E-state index >= 15 is 0 Å². The van der Waals surface area contributed by atoms with Crippen molar-refractivity contribution in [3.05, 3.63) is 0 Å². The first kappa shape index (κ1) is 10.6. The summed E-state index contributed by atoms with van der Waals surface area (Å²) in [5.41, 5.74) is 0. The van der Waals surface area contributed by atoms with Gasteiger partial charge in [-0.3, -0.25) is 4.99 Å². The Bertz CT molecular complexity index is 108. The van der Waals surface area contributed by atoms with Crippen LogP contribution in [-0.4, -0.2) is 37.8 Å².